The van der Waals surface area contributed by atoms with Crippen molar-refractivity contribution in [3.63, 3.8) is 0 Å². The van der Waals surface area contributed by atoms with E-state index < -0.39 is 0 Å². The number of aromatic nitrogens is 2. The van der Waals surface area contributed by atoms with Gasteiger partial charge in [-0.15, -0.1) is 0 Å². The molecule has 1 aliphatic carbocycles. The van der Waals surface area contributed by atoms with Gasteiger partial charge in [0.15, 0.2) is 0 Å². The molecule has 1 N–H and O–H groups in total. The Kier molecular flexibility index (Phi) is 4.18. The highest BCUT2D eigenvalue weighted by Gasteiger charge is 2.21. The van der Waals surface area contributed by atoms with Crippen LogP contribution in [-0.2, 0) is 0 Å². The summed E-state index contributed by atoms with van der Waals surface area (Å²) in [6, 6.07) is 2.60. The molecule has 0 atom stereocenters. The molecule has 0 amide bonds. The lowest BCUT2D eigenvalue weighted by molar-refractivity contribution is 0.721. The molecule has 2 rings (SSSR count). The van der Waals surface area contributed by atoms with Gasteiger partial charge in [-0.3, -0.25) is 0 Å². The maximum absolute atomic E-state index is 4.59. The van der Waals surface area contributed by atoms with Crippen LogP contribution in [-0.4, -0.2) is 29.1 Å². The second-order valence-corrected chi connectivity index (χ2v) is 4.65. The van der Waals surface area contributed by atoms with Crippen molar-refractivity contribution in [1.29, 1.82) is 0 Å². The Bertz CT molecular complexity index is 343. The zero-order valence-corrected chi connectivity index (χ0v) is 10.8. The first-order valence-electron chi connectivity index (χ1n) is 6.68. The fourth-order valence-electron chi connectivity index (χ4n) is 1.87. The van der Waals surface area contributed by atoms with E-state index in [9.17, 15) is 0 Å². The van der Waals surface area contributed by atoms with Gasteiger partial charge in [0.05, 0.1) is 0 Å². The van der Waals surface area contributed by atoms with Crippen molar-refractivity contribution in [3.8, 4) is 0 Å². The van der Waals surface area contributed by atoms with Crippen molar-refractivity contribution in [2.45, 2.75) is 45.6 Å². The van der Waals surface area contributed by atoms with Gasteiger partial charge in [0.25, 0.3) is 0 Å². The standard InChI is InChI=1S/C13H22N4/c1-3-9-17(10-4-2)13-14-8-7-12(16-13)15-11-5-6-11/h7-8,11H,3-6,9-10H2,1-2H3,(H,14,15,16). The van der Waals surface area contributed by atoms with Crippen molar-refractivity contribution in [1.82, 2.24) is 9.97 Å². The van der Waals surface area contributed by atoms with Crippen molar-refractivity contribution >= 4 is 11.8 Å². The average Bonchev–Trinajstić information content (AvgIpc) is 3.13. The van der Waals surface area contributed by atoms with E-state index in [1.165, 1.54) is 12.8 Å². The van der Waals surface area contributed by atoms with Crippen LogP contribution in [0.15, 0.2) is 12.3 Å². The molecule has 0 saturated heterocycles. The minimum Gasteiger partial charge on any atom is -0.367 e. The van der Waals surface area contributed by atoms with E-state index in [0.717, 1.165) is 37.7 Å². The van der Waals surface area contributed by atoms with Crippen LogP contribution in [0, 0.1) is 0 Å². The van der Waals surface area contributed by atoms with Crippen molar-refractivity contribution < 1.29 is 0 Å². The summed E-state index contributed by atoms with van der Waals surface area (Å²) in [5, 5.41) is 3.42. The monoisotopic (exact) mass is 234 g/mol. The third kappa shape index (κ3) is 3.58. The number of anilines is 2. The highest BCUT2D eigenvalue weighted by Crippen LogP contribution is 2.24. The quantitative estimate of drug-likeness (QED) is 0.787. The second-order valence-electron chi connectivity index (χ2n) is 4.65. The lowest BCUT2D eigenvalue weighted by atomic mass is 10.4. The number of hydrogen-bond acceptors (Lipinski definition) is 4. The van der Waals surface area contributed by atoms with Crippen LogP contribution in [0.2, 0.25) is 0 Å². The van der Waals surface area contributed by atoms with Crippen molar-refractivity contribution in [2.75, 3.05) is 23.3 Å². The molecule has 0 radical (unpaired) electrons. The Hall–Kier alpha value is -1.32. The summed E-state index contributed by atoms with van der Waals surface area (Å²) in [6.07, 6.45) is 6.65. The molecule has 1 saturated carbocycles. The van der Waals surface area contributed by atoms with E-state index in [4.69, 9.17) is 0 Å². The van der Waals surface area contributed by atoms with Crippen LogP contribution in [0.5, 0.6) is 0 Å². The van der Waals surface area contributed by atoms with Crippen LogP contribution >= 0.6 is 0 Å². The summed E-state index contributed by atoms with van der Waals surface area (Å²) in [7, 11) is 0. The zero-order chi connectivity index (χ0) is 12.1. The molecule has 1 heterocycles. The molecule has 0 aliphatic heterocycles. The van der Waals surface area contributed by atoms with Crippen LogP contribution in [0.1, 0.15) is 39.5 Å². The van der Waals surface area contributed by atoms with E-state index in [-0.39, 0.29) is 0 Å². The maximum Gasteiger partial charge on any atom is 0.227 e. The molecule has 1 aliphatic rings. The highest BCUT2D eigenvalue weighted by atomic mass is 15.3. The Labute approximate surface area is 103 Å². The van der Waals surface area contributed by atoms with E-state index in [2.05, 4.69) is 34.0 Å². The Balaban J connectivity index is 2.05. The van der Waals surface area contributed by atoms with E-state index >= 15 is 0 Å². The first kappa shape index (κ1) is 12.1. The summed E-state index contributed by atoms with van der Waals surface area (Å²) in [5.41, 5.74) is 0. The third-order valence-corrected chi connectivity index (χ3v) is 2.84. The minimum absolute atomic E-state index is 0.642. The first-order chi connectivity index (χ1) is 8.33. The summed E-state index contributed by atoms with van der Waals surface area (Å²) in [6.45, 7) is 6.44. The predicted octanol–water partition coefficient (Wildman–Crippen LogP) is 2.68. The minimum atomic E-state index is 0.642. The second kappa shape index (κ2) is 5.84. The SMILES string of the molecule is CCCN(CCC)c1nccc(NC2CC2)n1. The smallest absolute Gasteiger partial charge is 0.227 e. The van der Waals surface area contributed by atoms with Crippen LogP contribution in [0.4, 0.5) is 11.8 Å². The maximum atomic E-state index is 4.59. The molecule has 1 fully saturated rings. The lowest BCUT2D eigenvalue weighted by Gasteiger charge is -2.21. The van der Waals surface area contributed by atoms with Gasteiger partial charge in [0.2, 0.25) is 5.95 Å². The van der Waals surface area contributed by atoms with Crippen LogP contribution < -0.4 is 10.2 Å². The number of nitrogens with one attached hydrogen (secondary N) is 1. The lowest BCUT2D eigenvalue weighted by Crippen LogP contribution is -2.27. The van der Waals surface area contributed by atoms with Gasteiger partial charge >= 0.3 is 0 Å². The zero-order valence-electron chi connectivity index (χ0n) is 10.8. The highest BCUT2D eigenvalue weighted by molar-refractivity contribution is 5.42. The Morgan fingerprint density at radius 1 is 1.29 bits per heavy atom. The number of hydrogen-bond donors (Lipinski definition) is 1. The van der Waals surface area contributed by atoms with Crippen molar-refractivity contribution in [3.05, 3.63) is 12.3 Å². The van der Waals surface area contributed by atoms with E-state index in [0.29, 0.717) is 6.04 Å². The summed E-state index contributed by atoms with van der Waals surface area (Å²) >= 11 is 0. The summed E-state index contributed by atoms with van der Waals surface area (Å²) < 4.78 is 0. The first-order valence-corrected chi connectivity index (χ1v) is 6.68. The molecule has 0 bridgehead atoms. The van der Waals surface area contributed by atoms with Crippen LogP contribution in [0.3, 0.4) is 0 Å². The average molecular weight is 234 g/mol. The normalized spacial score (nSPS) is 14.7. The number of nitrogens with zero attached hydrogens (tertiary/aromatic N) is 3. The Morgan fingerprint density at radius 3 is 2.59 bits per heavy atom. The largest absolute Gasteiger partial charge is 0.367 e. The van der Waals surface area contributed by atoms with Gasteiger partial charge in [0.1, 0.15) is 5.82 Å². The molecule has 0 unspecified atom stereocenters. The summed E-state index contributed by atoms with van der Waals surface area (Å²) in [5.74, 6) is 1.83. The van der Waals surface area contributed by atoms with Gasteiger partial charge in [-0.2, -0.15) is 4.98 Å². The molecule has 17 heavy (non-hydrogen) atoms. The Morgan fingerprint density at radius 2 is 2.00 bits per heavy atom. The summed E-state index contributed by atoms with van der Waals surface area (Å²) in [4.78, 5) is 11.2. The molecule has 94 valence electrons. The molecule has 4 nitrogen and oxygen atoms in total. The van der Waals surface area contributed by atoms with Gasteiger partial charge in [-0.25, -0.2) is 4.98 Å². The van der Waals surface area contributed by atoms with Gasteiger partial charge in [-0.1, -0.05) is 13.8 Å². The van der Waals surface area contributed by atoms with Gasteiger partial charge in [0, 0.05) is 25.3 Å². The molecular weight excluding hydrogens is 212 g/mol. The van der Waals surface area contributed by atoms with Gasteiger partial charge in [-0.05, 0) is 31.7 Å². The van der Waals surface area contributed by atoms with E-state index in [1.807, 2.05) is 12.3 Å². The third-order valence-electron chi connectivity index (χ3n) is 2.84. The van der Waals surface area contributed by atoms with E-state index in [1.54, 1.807) is 0 Å². The molecule has 0 spiro atoms. The molecular formula is C13H22N4. The van der Waals surface area contributed by atoms with Crippen molar-refractivity contribution in [2.24, 2.45) is 0 Å². The fraction of sp³-hybridized carbons (Fsp3) is 0.692. The van der Waals surface area contributed by atoms with Gasteiger partial charge < -0.3 is 10.2 Å². The molecule has 0 aromatic carbocycles. The number of rotatable bonds is 7. The molecule has 1 aromatic rings. The topological polar surface area (TPSA) is 41.1 Å². The molecule has 4 heteroatoms. The molecule has 1 aromatic heterocycles. The fourth-order valence-corrected chi connectivity index (χ4v) is 1.87. The predicted molar refractivity (Wildman–Crippen MR) is 71.5 cm³/mol. The van der Waals surface area contributed by atoms with Crippen LogP contribution in [0.25, 0.3) is 0 Å².